The quantitative estimate of drug-likeness (QED) is 0.601. The lowest BCUT2D eigenvalue weighted by Gasteiger charge is -2.28. The highest BCUT2D eigenvalue weighted by Gasteiger charge is 2.52. The van der Waals surface area contributed by atoms with E-state index in [1.165, 1.54) is 32.4 Å². The molecule has 3 heterocycles. The van der Waals surface area contributed by atoms with Gasteiger partial charge in [0.15, 0.2) is 0 Å². The van der Waals surface area contributed by atoms with Crippen LogP contribution in [-0.2, 0) is 10.2 Å². The van der Waals surface area contributed by atoms with E-state index < -0.39 is 5.41 Å². The van der Waals surface area contributed by atoms with Crippen molar-refractivity contribution in [3.05, 3.63) is 70.5 Å². The summed E-state index contributed by atoms with van der Waals surface area (Å²) in [6, 6.07) is 14.0. The molecule has 0 saturated carbocycles. The van der Waals surface area contributed by atoms with E-state index >= 15 is 0 Å². The number of thioether (sulfide) groups is 1. The van der Waals surface area contributed by atoms with E-state index in [1.54, 1.807) is 24.2 Å². The first-order valence-corrected chi connectivity index (χ1v) is 12.6. The lowest BCUT2D eigenvalue weighted by atomic mass is 9.70. The largest absolute Gasteiger partial charge is 0.378 e. The fourth-order valence-corrected chi connectivity index (χ4v) is 5.73. The Morgan fingerprint density at radius 1 is 1.15 bits per heavy atom. The first kappa shape index (κ1) is 23.3. The van der Waals surface area contributed by atoms with Gasteiger partial charge in [0.2, 0.25) is 5.91 Å². The summed E-state index contributed by atoms with van der Waals surface area (Å²) in [7, 11) is 3.96. The van der Waals surface area contributed by atoms with Crippen LogP contribution in [0.15, 0.2) is 59.4 Å². The van der Waals surface area contributed by atoms with Gasteiger partial charge in [-0.05, 0) is 68.2 Å². The van der Waals surface area contributed by atoms with Crippen LogP contribution >= 0.6 is 11.8 Å². The molecule has 4 rings (SSSR count). The standard InChI is InChI=1S/C26H31N5OS/c1-30(2)22-11-9-20(10-12-22)26(21-8-6-13-28-19-21)23(18-27)24(29-25(26)32)33-17-7-16-31-14-4-3-5-15-31/h6,8-13,19H,3-5,7,14-17H2,1-2H3,(H,29,32). The van der Waals surface area contributed by atoms with Crippen LogP contribution in [-0.4, -0.2) is 55.3 Å². The Hall–Kier alpha value is -2.82. The van der Waals surface area contributed by atoms with E-state index in [2.05, 4.69) is 21.3 Å². The Labute approximate surface area is 200 Å². The van der Waals surface area contributed by atoms with E-state index in [-0.39, 0.29) is 5.91 Å². The minimum atomic E-state index is -1.19. The van der Waals surface area contributed by atoms with Crippen LogP contribution in [0.5, 0.6) is 0 Å². The maximum absolute atomic E-state index is 13.6. The van der Waals surface area contributed by atoms with Gasteiger partial charge in [0, 0.05) is 37.9 Å². The second kappa shape index (κ2) is 10.4. The van der Waals surface area contributed by atoms with Gasteiger partial charge in [-0.25, -0.2) is 0 Å². The molecule has 1 aromatic heterocycles. The van der Waals surface area contributed by atoms with Crippen molar-refractivity contribution in [2.24, 2.45) is 0 Å². The molecule has 2 aliphatic heterocycles. The number of amides is 1. The molecule has 1 aromatic carbocycles. The molecule has 0 bridgehead atoms. The van der Waals surface area contributed by atoms with Crippen molar-refractivity contribution in [1.82, 2.24) is 15.2 Å². The molecule has 33 heavy (non-hydrogen) atoms. The third-order valence-corrected chi connectivity index (χ3v) is 7.59. The molecule has 172 valence electrons. The molecule has 0 radical (unpaired) electrons. The van der Waals surface area contributed by atoms with Crippen LogP contribution in [0.3, 0.4) is 0 Å². The summed E-state index contributed by atoms with van der Waals surface area (Å²) in [4.78, 5) is 22.4. The molecule has 1 fully saturated rings. The maximum atomic E-state index is 13.6. The van der Waals surface area contributed by atoms with Gasteiger partial charge in [0.1, 0.15) is 5.41 Å². The number of benzene rings is 1. The van der Waals surface area contributed by atoms with Crippen molar-refractivity contribution in [3.8, 4) is 6.07 Å². The number of carbonyl (C=O) groups excluding carboxylic acids is 1. The Morgan fingerprint density at radius 3 is 2.55 bits per heavy atom. The van der Waals surface area contributed by atoms with Gasteiger partial charge in [-0.2, -0.15) is 5.26 Å². The lowest BCUT2D eigenvalue weighted by molar-refractivity contribution is -0.122. The molecule has 1 amide bonds. The third-order valence-electron chi connectivity index (χ3n) is 6.51. The molecule has 1 unspecified atom stereocenters. The Balaban J connectivity index is 1.64. The van der Waals surface area contributed by atoms with Gasteiger partial charge in [-0.1, -0.05) is 24.6 Å². The predicted molar refractivity (Wildman–Crippen MR) is 134 cm³/mol. The van der Waals surface area contributed by atoms with Gasteiger partial charge >= 0.3 is 0 Å². The number of hydrogen-bond acceptors (Lipinski definition) is 6. The number of aromatic nitrogens is 1. The monoisotopic (exact) mass is 461 g/mol. The molecule has 7 heteroatoms. The molecule has 2 aromatic rings. The summed E-state index contributed by atoms with van der Waals surface area (Å²) in [5.41, 5.74) is 1.79. The van der Waals surface area contributed by atoms with Crippen molar-refractivity contribution in [1.29, 1.82) is 5.26 Å². The van der Waals surface area contributed by atoms with Crippen molar-refractivity contribution >= 4 is 23.4 Å². The SMILES string of the molecule is CN(C)c1ccc(C2(c3cccnc3)C(=O)NC(SCCCN3CCCCC3)=C2C#N)cc1. The fourth-order valence-electron chi connectivity index (χ4n) is 4.74. The highest BCUT2D eigenvalue weighted by Crippen LogP contribution is 2.46. The van der Waals surface area contributed by atoms with Crippen molar-refractivity contribution < 1.29 is 4.79 Å². The van der Waals surface area contributed by atoms with Crippen LogP contribution < -0.4 is 10.2 Å². The number of nitrogens with one attached hydrogen (secondary N) is 1. The van der Waals surface area contributed by atoms with Crippen LogP contribution in [0, 0.1) is 11.3 Å². The summed E-state index contributed by atoms with van der Waals surface area (Å²) >= 11 is 1.58. The first-order chi connectivity index (χ1) is 16.1. The summed E-state index contributed by atoms with van der Waals surface area (Å²) in [5, 5.41) is 14.0. The number of hydrogen-bond donors (Lipinski definition) is 1. The highest BCUT2D eigenvalue weighted by molar-refractivity contribution is 8.03. The molecule has 1 saturated heterocycles. The van der Waals surface area contributed by atoms with E-state index in [0.29, 0.717) is 16.2 Å². The maximum Gasteiger partial charge on any atom is 0.245 e. The summed E-state index contributed by atoms with van der Waals surface area (Å²) in [6.45, 7) is 3.43. The van der Waals surface area contributed by atoms with E-state index in [4.69, 9.17) is 0 Å². The second-order valence-corrected chi connectivity index (χ2v) is 9.91. The zero-order chi connectivity index (χ0) is 23.3. The minimum absolute atomic E-state index is 0.191. The summed E-state index contributed by atoms with van der Waals surface area (Å²) in [6.07, 6.45) is 8.31. The average Bonchev–Trinajstić information content (AvgIpc) is 3.14. The Morgan fingerprint density at radius 2 is 1.91 bits per heavy atom. The van der Waals surface area contributed by atoms with Crippen molar-refractivity contribution in [2.45, 2.75) is 31.1 Å². The number of nitriles is 1. The minimum Gasteiger partial charge on any atom is -0.378 e. The molecule has 6 nitrogen and oxygen atoms in total. The van der Waals surface area contributed by atoms with Crippen molar-refractivity contribution in [3.63, 3.8) is 0 Å². The average molecular weight is 462 g/mol. The second-order valence-electron chi connectivity index (χ2n) is 8.81. The summed E-state index contributed by atoms with van der Waals surface area (Å²) in [5.74, 6) is 0.670. The van der Waals surface area contributed by atoms with E-state index in [1.807, 2.05) is 55.4 Å². The van der Waals surface area contributed by atoms with E-state index in [0.717, 1.165) is 30.0 Å². The van der Waals surface area contributed by atoms with Gasteiger partial charge < -0.3 is 15.1 Å². The fraction of sp³-hybridized carbons (Fsp3) is 0.423. The molecule has 1 atom stereocenters. The van der Waals surface area contributed by atoms with Crippen LogP contribution in [0.1, 0.15) is 36.8 Å². The smallest absolute Gasteiger partial charge is 0.245 e. The Bertz CT molecular complexity index is 1040. The summed E-state index contributed by atoms with van der Waals surface area (Å²) < 4.78 is 0. The van der Waals surface area contributed by atoms with Crippen LogP contribution in [0.25, 0.3) is 0 Å². The predicted octanol–water partition coefficient (Wildman–Crippen LogP) is 3.91. The number of likely N-dealkylation sites (tertiary alicyclic amines) is 1. The molecule has 0 spiro atoms. The van der Waals surface area contributed by atoms with Gasteiger partial charge in [-0.15, -0.1) is 11.8 Å². The number of carbonyl (C=O) groups is 1. The molecular formula is C26H31N5OS. The topological polar surface area (TPSA) is 72.3 Å². The third kappa shape index (κ3) is 4.64. The van der Waals surface area contributed by atoms with Gasteiger partial charge in [0.25, 0.3) is 0 Å². The lowest BCUT2D eigenvalue weighted by Crippen LogP contribution is -2.39. The molecule has 2 aliphatic rings. The number of piperidine rings is 1. The number of rotatable bonds is 8. The van der Waals surface area contributed by atoms with Crippen LogP contribution in [0.2, 0.25) is 0 Å². The van der Waals surface area contributed by atoms with Gasteiger partial charge in [0.05, 0.1) is 16.7 Å². The van der Waals surface area contributed by atoms with E-state index in [9.17, 15) is 10.1 Å². The number of nitrogens with zero attached hydrogens (tertiary/aromatic N) is 4. The number of pyridine rings is 1. The number of anilines is 1. The zero-order valence-corrected chi connectivity index (χ0v) is 20.2. The zero-order valence-electron chi connectivity index (χ0n) is 19.4. The highest BCUT2D eigenvalue weighted by atomic mass is 32.2. The Kier molecular flexibility index (Phi) is 7.36. The first-order valence-electron chi connectivity index (χ1n) is 11.6. The molecule has 1 N–H and O–H groups in total. The van der Waals surface area contributed by atoms with Crippen molar-refractivity contribution in [2.75, 3.05) is 44.4 Å². The molecule has 0 aliphatic carbocycles. The van der Waals surface area contributed by atoms with Gasteiger partial charge in [-0.3, -0.25) is 9.78 Å². The van der Waals surface area contributed by atoms with Crippen LogP contribution in [0.4, 0.5) is 5.69 Å². The molecular weight excluding hydrogens is 430 g/mol. The normalized spacial score (nSPS) is 21.1.